The van der Waals surface area contributed by atoms with Crippen molar-refractivity contribution in [2.45, 2.75) is 44.7 Å². The Balaban J connectivity index is 2.30. The predicted octanol–water partition coefficient (Wildman–Crippen LogP) is 1.72. The van der Waals surface area contributed by atoms with Gasteiger partial charge in [-0.2, -0.15) is 11.8 Å². The summed E-state index contributed by atoms with van der Waals surface area (Å²) in [4.78, 5) is 10.9. The van der Waals surface area contributed by atoms with Crippen LogP contribution >= 0.6 is 11.8 Å². The first kappa shape index (κ1) is 11.9. The van der Waals surface area contributed by atoms with Crippen LogP contribution in [0.15, 0.2) is 0 Å². The number of rotatable bonds is 6. The van der Waals surface area contributed by atoms with Gasteiger partial charge in [-0.1, -0.05) is 19.8 Å². The standard InChI is InChI=1S/C10H19NO2S/c1-2-3-4-9(10(12)13)11-8-5-6-14-7-8/h8-9,11H,2-7H2,1H3,(H,12,13). The molecule has 3 nitrogen and oxygen atoms in total. The number of thioether (sulfide) groups is 1. The maximum atomic E-state index is 10.9. The first-order chi connectivity index (χ1) is 6.74. The molecule has 0 aliphatic carbocycles. The highest BCUT2D eigenvalue weighted by Gasteiger charge is 2.23. The summed E-state index contributed by atoms with van der Waals surface area (Å²) in [5, 5.41) is 12.2. The van der Waals surface area contributed by atoms with Gasteiger partial charge in [0.05, 0.1) is 0 Å². The van der Waals surface area contributed by atoms with Crippen molar-refractivity contribution in [3.05, 3.63) is 0 Å². The number of carboxylic acids is 1. The van der Waals surface area contributed by atoms with Crippen LogP contribution in [0.3, 0.4) is 0 Å². The van der Waals surface area contributed by atoms with Gasteiger partial charge >= 0.3 is 5.97 Å². The first-order valence-electron chi connectivity index (χ1n) is 5.30. The van der Waals surface area contributed by atoms with Gasteiger partial charge in [0.25, 0.3) is 0 Å². The third-order valence-corrected chi connectivity index (χ3v) is 3.67. The highest BCUT2D eigenvalue weighted by Crippen LogP contribution is 2.18. The average Bonchev–Trinajstić information content (AvgIpc) is 2.64. The van der Waals surface area contributed by atoms with E-state index in [0.717, 1.165) is 37.2 Å². The molecule has 0 aromatic rings. The summed E-state index contributed by atoms with van der Waals surface area (Å²) >= 11 is 1.90. The van der Waals surface area contributed by atoms with Gasteiger partial charge in [0.15, 0.2) is 0 Å². The molecular formula is C10H19NO2S. The fourth-order valence-electron chi connectivity index (χ4n) is 1.64. The van der Waals surface area contributed by atoms with Crippen LogP contribution in [0.1, 0.15) is 32.6 Å². The Morgan fingerprint density at radius 3 is 3.00 bits per heavy atom. The lowest BCUT2D eigenvalue weighted by Gasteiger charge is -2.18. The number of hydrogen-bond donors (Lipinski definition) is 2. The molecular weight excluding hydrogens is 198 g/mol. The molecule has 2 unspecified atom stereocenters. The van der Waals surface area contributed by atoms with Crippen molar-refractivity contribution in [2.75, 3.05) is 11.5 Å². The van der Waals surface area contributed by atoms with E-state index >= 15 is 0 Å². The minimum absolute atomic E-state index is 0.335. The summed E-state index contributed by atoms with van der Waals surface area (Å²) in [6, 6.07) is 0.0802. The fraction of sp³-hybridized carbons (Fsp3) is 0.900. The molecule has 0 spiro atoms. The lowest BCUT2D eigenvalue weighted by atomic mass is 10.1. The van der Waals surface area contributed by atoms with E-state index in [1.54, 1.807) is 0 Å². The van der Waals surface area contributed by atoms with E-state index in [9.17, 15) is 4.79 Å². The van der Waals surface area contributed by atoms with Crippen molar-refractivity contribution in [1.82, 2.24) is 5.32 Å². The fourth-order valence-corrected chi connectivity index (χ4v) is 2.80. The van der Waals surface area contributed by atoms with Gasteiger partial charge in [0.1, 0.15) is 6.04 Å². The van der Waals surface area contributed by atoms with E-state index in [1.807, 2.05) is 11.8 Å². The molecule has 1 fully saturated rings. The third kappa shape index (κ3) is 3.88. The van der Waals surface area contributed by atoms with Crippen LogP contribution in [0.2, 0.25) is 0 Å². The van der Waals surface area contributed by atoms with Gasteiger partial charge < -0.3 is 10.4 Å². The minimum Gasteiger partial charge on any atom is -0.480 e. The summed E-state index contributed by atoms with van der Waals surface area (Å²) in [7, 11) is 0. The second-order valence-electron chi connectivity index (χ2n) is 3.76. The predicted molar refractivity (Wildman–Crippen MR) is 59.8 cm³/mol. The molecule has 0 radical (unpaired) electrons. The zero-order valence-electron chi connectivity index (χ0n) is 8.66. The van der Waals surface area contributed by atoms with Crippen LogP contribution in [0, 0.1) is 0 Å². The zero-order chi connectivity index (χ0) is 10.4. The Bertz CT molecular complexity index is 181. The van der Waals surface area contributed by atoms with E-state index in [-0.39, 0.29) is 6.04 Å². The summed E-state index contributed by atoms with van der Waals surface area (Å²) in [5.41, 5.74) is 0. The van der Waals surface area contributed by atoms with Gasteiger partial charge in [0.2, 0.25) is 0 Å². The summed E-state index contributed by atoms with van der Waals surface area (Å²) in [6.07, 6.45) is 3.92. The molecule has 82 valence electrons. The Labute approximate surface area is 89.6 Å². The molecule has 1 rings (SSSR count). The van der Waals surface area contributed by atoms with E-state index in [2.05, 4.69) is 12.2 Å². The van der Waals surface area contributed by atoms with Gasteiger partial charge in [0, 0.05) is 11.8 Å². The van der Waals surface area contributed by atoms with Crippen LogP contribution in [-0.4, -0.2) is 34.7 Å². The zero-order valence-corrected chi connectivity index (χ0v) is 9.48. The molecule has 1 heterocycles. The molecule has 14 heavy (non-hydrogen) atoms. The Kier molecular flexibility index (Phi) is 5.33. The van der Waals surface area contributed by atoms with Crippen molar-refractivity contribution in [1.29, 1.82) is 0 Å². The molecule has 2 atom stereocenters. The number of carboxylic acid groups (broad SMARTS) is 1. The molecule has 1 aliphatic rings. The maximum Gasteiger partial charge on any atom is 0.320 e. The van der Waals surface area contributed by atoms with Gasteiger partial charge in [-0.15, -0.1) is 0 Å². The van der Waals surface area contributed by atoms with Gasteiger partial charge in [-0.3, -0.25) is 4.79 Å². The second-order valence-corrected chi connectivity index (χ2v) is 4.91. The highest BCUT2D eigenvalue weighted by atomic mass is 32.2. The number of carbonyl (C=O) groups is 1. The largest absolute Gasteiger partial charge is 0.480 e. The van der Waals surface area contributed by atoms with E-state index in [1.165, 1.54) is 0 Å². The SMILES string of the molecule is CCCCC(NC1CCSC1)C(=O)O. The van der Waals surface area contributed by atoms with Crippen molar-refractivity contribution in [3.63, 3.8) is 0 Å². The quantitative estimate of drug-likeness (QED) is 0.711. The number of unbranched alkanes of at least 4 members (excludes halogenated alkanes) is 1. The van der Waals surface area contributed by atoms with Crippen LogP contribution in [0.5, 0.6) is 0 Å². The molecule has 0 bridgehead atoms. The van der Waals surface area contributed by atoms with Crippen molar-refractivity contribution in [2.24, 2.45) is 0 Å². The Morgan fingerprint density at radius 2 is 2.50 bits per heavy atom. The number of hydrogen-bond acceptors (Lipinski definition) is 3. The third-order valence-electron chi connectivity index (χ3n) is 2.51. The van der Waals surface area contributed by atoms with Crippen molar-refractivity contribution in [3.8, 4) is 0 Å². The molecule has 4 heteroatoms. The van der Waals surface area contributed by atoms with Crippen LogP contribution in [-0.2, 0) is 4.79 Å². The van der Waals surface area contributed by atoms with E-state index < -0.39 is 5.97 Å². The normalized spacial score (nSPS) is 23.6. The van der Waals surface area contributed by atoms with E-state index in [4.69, 9.17) is 5.11 Å². The molecule has 0 aromatic heterocycles. The average molecular weight is 217 g/mol. The van der Waals surface area contributed by atoms with Crippen molar-refractivity contribution >= 4 is 17.7 Å². The molecule has 0 saturated carbocycles. The smallest absolute Gasteiger partial charge is 0.320 e. The van der Waals surface area contributed by atoms with Crippen LogP contribution in [0.25, 0.3) is 0 Å². The summed E-state index contributed by atoms with van der Waals surface area (Å²) < 4.78 is 0. The molecule has 0 aromatic carbocycles. The number of nitrogens with one attached hydrogen (secondary N) is 1. The molecule has 1 saturated heterocycles. The summed E-state index contributed by atoms with van der Waals surface area (Å²) in [6.45, 7) is 2.09. The van der Waals surface area contributed by atoms with Crippen LogP contribution in [0.4, 0.5) is 0 Å². The molecule has 1 aliphatic heterocycles. The summed E-state index contributed by atoms with van der Waals surface area (Å²) in [5.74, 6) is 1.53. The molecule has 0 amide bonds. The topological polar surface area (TPSA) is 49.3 Å². The highest BCUT2D eigenvalue weighted by molar-refractivity contribution is 7.99. The lowest BCUT2D eigenvalue weighted by molar-refractivity contribution is -0.139. The molecule has 2 N–H and O–H groups in total. The monoisotopic (exact) mass is 217 g/mol. The maximum absolute atomic E-state index is 10.9. The Morgan fingerprint density at radius 1 is 1.71 bits per heavy atom. The first-order valence-corrected chi connectivity index (χ1v) is 6.46. The number of aliphatic carboxylic acids is 1. The second kappa shape index (κ2) is 6.30. The van der Waals surface area contributed by atoms with E-state index in [0.29, 0.717) is 6.04 Å². The Hall–Kier alpha value is -0.220. The van der Waals surface area contributed by atoms with Gasteiger partial charge in [-0.05, 0) is 18.6 Å². The minimum atomic E-state index is -0.699. The lowest BCUT2D eigenvalue weighted by Crippen LogP contribution is -2.43. The van der Waals surface area contributed by atoms with Crippen molar-refractivity contribution < 1.29 is 9.90 Å². The van der Waals surface area contributed by atoms with Gasteiger partial charge in [-0.25, -0.2) is 0 Å². The van der Waals surface area contributed by atoms with Crippen LogP contribution < -0.4 is 5.32 Å².